The van der Waals surface area contributed by atoms with Gasteiger partial charge in [-0.15, -0.1) is 0 Å². The van der Waals surface area contributed by atoms with Crippen molar-refractivity contribution in [3.63, 3.8) is 0 Å². The predicted molar refractivity (Wildman–Crippen MR) is 107 cm³/mol. The second-order valence-electron chi connectivity index (χ2n) is 7.66. The molecular formula is C21H30N4O2. The molecule has 27 heavy (non-hydrogen) atoms. The Morgan fingerprint density at radius 2 is 1.96 bits per heavy atom. The van der Waals surface area contributed by atoms with E-state index >= 15 is 0 Å². The van der Waals surface area contributed by atoms with E-state index < -0.39 is 0 Å². The van der Waals surface area contributed by atoms with Crippen LogP contribution in [0.25, 0.3) is 10.9 Å². The van der Waals surface area contributed by atoms with E-state index in [1.165, 1.54) is 22.2 Å². The largest absolute Gasteiger partial charge is 0.369 e. The summed E-state index contributed by atoms with van der Waals surface area (Å²) in [6, 6.07) is 4.35. The standard InChI is InChI=1S/C21H30N4O2/c1-4-18-14(3)17-10-13(2)9-16(20(17)24-18)11-23-21(27)15-5-7-25(8-6-15)12-19(22)26/h9-10,15,24H,4-8,11-12H2,1-3H3,(H2,22,26)(H,23,27). The summed E-state index contributed by atoms with van der Waals surface area (Å²) in [5.74, 6) is -0.206. The molecule has 0 spiro atoms. The van der Waals surface area contributed by atoms with E-state index in [0.29, 0.717) is 6.54 Å². The maximum absolute atomic E-state index is 12.6. The lowest BCUT2D eigenvalue weighted by molar-refractivity contribution is -0.126. The van der Waals surface area contributed by atoms with Crippen LogP contribution in [-0.2, 0) is 22.6 Å². The van der Waals surface area contributed by atoms with E-state index in [1.54, 1.807) is 0 Å². The molecule has 0 saturated carbocycles. The van der Waals surface area contributed by atoms with Gasteiger partial charge in [-0.05, 0) is 63.4 Å². The van der Waals surface area contributed by atoms with E-state index in [-0.39, 0.29) is 24.3 Å². The van der Waals surface area contributed by atoms with Crippen LogP contribution in [0.3, 0.4) is 0 Å². The normalized spacial score (nSPS) is 16.0. The quantitative estimate of drug-likeness (QED) is 0.728. The molecule has 2 amide bonds. The maximum atomic E-state index is 12.6. The number of nitrogens with two attached hydrogens (primary N) is 1. The fraction of sp³-hybridized carbons (Fsp3) is 0.524. The summed E-state index contributed by atoms with van der Waals surface area (Å²) in [7, 11) is 0. The first-order valence-corrected chi connectivity index (χ1v) is 9.78. The van der Waals surface area contributed by atoms with Crippen molar-refractivity contribution in [2.75, 3.05) is 19.6 Å². The number of aryl methyl sites for hydroxylation is 3. The minimum atomic E-state index is -0.311. The predicted octanol–water partition coefficient (Wildman–Crippen LogP) is 2.16. The molecule has 3 rings (SSSR count). The zero-order valence-corrected chi connectivity index (χ0v) is 16.5. The summed E-state index contributed by atoms with van der Waals surface area (Å²) < 4.78 is 0. The Balaban J connectivity index is 1.65. The third-order valence-corrected chi connectivity index (χ3v) is 5.64. The van der Waals surface area contributed by atoms with Gasteiger partial charge >= 0.3 is 0 Å². The van der Waals surface area contributed by atoms with Crippen LogP contribution in [0.1, 0.15) is 42.1 Å². The van der Waals surface area contributed by atoms with Crippen LogP contribution in [0.4, 0.5) is 0 Å². The molecule has 0 atom stereocenters. The van der Waals surface area contributed by atoms with Crippen molar-refractivity contribution < 1.29 is 9.59 Å². The van der Waals surface area contributed by atoms with Crippen molar-refractivity contribution in [1.29, 1.82) is 0 Å². The summed E-state index contributed by atoms with van der Waals surface area (Å²) in [5, 5.41) is 4.37. The molecule has 4 N–H and O–H groups in total. The first-order chi connectivity index (χ1) is 12.9. The van der Waals surface area contributed by atoms with Crippen LogP contribution in [-0.4, -0.2) is 41.3 Å². The molecule has 1 aromatic heterocycles. The number of benzene rings is 1. The van der Waals surface area contributed by atoms with Crippen LogP contribution in [0.5, 0.6) is 0 Å². The molecule has 146 valence electrons. The van der Waals surface area contributed by atoms with Gasteiger partial charge in [-0.1, -0.05) is 18.6 Å². The van der Waals surface area contributed by atoms with Crippen molar-refractivity contribution >= 4 is 22.7 Å². The van der Waals surface area contributed by atoms with E-state index in [0.717, 1.165) is 43.4 Å². The third kappa shape index (κ3) is 4.33. The zero-order valence-electron chi connectivity index (χ0n) is 16.5. The van der Waals surface area contributed by atoms with Gasteiger partial charge in [0.25, 0.3) is 0 Å². The lowest BCUT2D eigenvalue weighted by atomic mass is 9.95. The van der Waals surface area contributed by atoms with Crippen molar-refractivity contribution in [3.8, 4) is 0 Å². The van der Waals surface area contributed by atoms with E-state index in [1.807, 2.05) is 4.90 Å². The summed E-state index contributed by atoms with van der Waals surface area (Å²) >= 11 is 0. The Morgan fingerprint density at radius 3 is 2.59 bits per heavy atom. The number of aromatic nitrogens is 1. The number of carbonyl (C=O) groups excluding carboxylic acids is 2. The van der Waals surface area contributed by atoms with E-state index in [9.17, 15) is 9.59 Å². The Morgan fingerprint density at radius 1 is 1.26 bits per heavy atom. The first-order valence-electron chi connectivity index (χ1n) is 9.78. The highest BCUT2D eigenvalue weighted by Gasteiger charge is 2.25. The SMILES string of the molecule is CCc1[nH]c2c(CNC(=O)C3CCN(CC(N)=O)CC3)cc(C)cc2c1C. The topological polar surface area (TPSA) is 91.2 Å². The van der Waals surface area contributed by atoms with Crippen LogP contribution in [0, 0.1) is 19.8 Å². The first kappa shape index (κ1) is 19.4. The van der Waals surface area contributed by atoms with Gasteiger partial charge in [0.05, 0.1) is 12.1 Å². The summed E-state index contributed by atoms with van der Waals surface area (Å²) in [6.45, 7) is 8.69. The lowest BCUT2D eigenvalue weighted by Gasteiger charge is -2.30. The highest BCUT2D eigenvalue weighted by atomic mass is 16.2. The molecule has 2 aromatic rings. The molecule has 0 bridgehead atoms. The number of nitrogens with one attached hydrogen (secondary N) is 2. The second-order valence-corrected chi connectivity index (χ2v) is 7.66. The number of H-pyrrole nitrogens is 1. The highest BCUT2D eigenvalue weighted by molar-refractivity contribution is 5.88. The highest BCUT2D eigenvalue weighted by Crippen LogP contribution is 2.27. The van der Waals surface area contributed by atoms with Gasteiger partial charge in [0.1, 0.15) is 0 Å². The van der Waals surface area contributed by atoms with Crippen LogP contribution in [0.15, 0.2) is 12.1 Å². The smallest absolute Gasteiger partial charge is 0.231 e. The van der Waals surface area contributed by atoms with Crippen LogP contribution in [0.2, 0.25) is 0 Å². The fourth-order valence-corrected chi connectivity index (χ4v) is 4.11. The number of aromatic amines is 1. The molecule has 1 fully saturated rings. The number of hydrogen-bond acceptors (Lipinski definition) is 3. The van der Waals surface area contributed by atoms with Crippen LogP contribution >= 0.6 is 0 Å². The molecule has 6 nitrogen and oxygen atoms in total. The molecular weight excluding hydrogens is 340 g/mol. The molecule has 0 aliphatic carbocycles. The number of nitrogens with zero attached hydrogens (tertiary/aromatic N) is 1. The summed E-state index contributed by atoms with van der Waals surface area (Å²) in [4.78, 5) is 29.2. The molecule has 0 unspecified atom stereocenters. The van der Waals surface area contributed by atoms with Crippen molar-refractivity contribution in [1.82, 2.24) is 15.2 Å². The van der Waals surface area contributed by atoms with Gasteiger partial charge in [-0.25, -0.2) is 0 Å². The van der Waals surface area contributed by atoms with Gasteiger partial charge in [0.2, 0.25) is 11.8 Å². The number of piperidine rings is 1. The molecule has 1 aliphatic heterocycles. The Bertz CT molecular complexity index is 847. The fourth-order valence-electron chi connectivity index (χ4n) is 4.11. The number of likely N-dealkylation sites (tertiary alicyclic amines) is 1. The van der Waals surface area contributed by atoms with E-state index in [2.05, 4.69) is 43.2 Å². The number of carbonyl (C=O) groups is 2. The zero-order chi connectivity index (χ0) is 19.6. The number of rotatable bonds is 6. The average molecular weight is 370 g/mol. The second kappa shape index (κ2) is 8.13. The minimum absolute atomic E-state index is 0.00556. The summed E-state index contributed by atoms with van der Waals surface area (Å²) in [6.07, 6.45) is 2.50. The van der Waals surface area contributed by atoms with Gasteiger partial charge in [-0.3, -0.25) is 14.5 Å². The van der Waals surface area contributed by atoms with E-state index in [4.69, 9.17) is 5.73 Å². The van der Waals surface area contributed by atoms with Crippen LogP contribution < -0.4 is 11.1 Å². The van der Waals surface area contributed by atoms with Crippen molar-refractivity contribution in [2.24, 2.45) is 11.7 Å². The summed E-state index contributed by atoms with van der Waals surface area (Å²) in [5.41, 5.74) is 11.3. The third-order valence-electron chi connectivity index (χ3n) is 5.64. The Hall–Kier alpha value is -2.34. The Kier molecular flexibility index (Phi) is 5.85. The van der Waals surface area contributed by atoms with Gasteiger partial charge < -0.3 is 16.0 Å². The molecule has 1 aromatic carbocycles. The molecule has 0 radical (unpaired) electrons. The van der Waals surface area contributed by atoms with Gasteiger partial charge in [0, 0.05) is 23.5 Å². The molecule has 6 heteroatoms. The van der Waals surface area contributed by atoms with Crippen molar-refractivity contribution in [3.05, 3.63) is 34.5 Å². The number of primary amides is 1. The lowest BCUT2D eigenvalue weighted by Crippen LogP contribution is -2.43. The minimum Gasteiger partial charge on any atom is -0.369 e. The van der Waals surface area contributed by atoms with Gasteiger partial charge in [-0.2, -0.15) is 0 Å². The number of amides is 2. The molecule has 2 heterocycles. The molecule has 1 aliphatic rings. The monoisotopic (exact) mass is 370 g/mol. The number of fused-ring (bicyclic) bond motifs is 1. The maximum Gasteiger partial charge on any atom is 0.231 e. The number of hydrogen-bond donors (Lipinski definition) is 3. The molecule has 1 saturated heterocycles. The average Bonchev–Trinajstić information content (AvgIpc) is 2.95. The Labute approximate surface area is 160 Å². The van der Waals surface area contributed by atoms with Crippen molar-refractivity contribution in [2.45, 2.75) is 46.6 Å². The van der Waals surface area contributed by atoms with Gasteiger partial charge in [0.15, 0.2) is 0 Å².